The predicted octanol–water partition coefficient (Wildman–Crippen LogP) is -1.96. The van der Waals surface area contributed by atoms with Gasteiger partial charge in [0.2, 0.25) is 0 Å². The lowest BCUT2D eigenvalue weighted by molar-refractivity contribution is -0.118. The Balaban J connectivity index is 2.18. The third-order valence-corrected chi connectivity index (χ3v) is 3.69. The van der Waals surface area contributed by atoms with Crippen molar-refractivity contribution in [2.45, 2.75) is 31.5 Å². The SMILES string of the molecule is NC(=O)NCC(=O)CCCCN1C[C@H](CO)[C@@H](O)[C@H](O)C1. The van der Waals surface area contributed by atoms with Crippen molar-refractivity contribution in [1.29, 1.82) is 0 Å². The number of carbonyl (C=O) groups excluding carboxylic acids is 2. The number of rotatable bonds is 8. The van der Waals surface area contributed by atoms with Crippen LogP contribution in [0.3, 0.4) is 0 Å². The van der Waals surface area contributed by atoms with E-state index < -0.39 is 18.2 Å². The van der Waals surface area contributed by atoms with E-state index in [0.717, 1.165) is 6.42 Å². The van der Waals surface area contributed by atoms with Gasteiger partial charge in [0.1, 0.15) is 0 Å². The summed E-state index contributed by atoms with van der Waals surface area (Å²) >= 11 is 0. The number of primary amides is 1. The lowest BCUT2D eigenvalue weighted by Gasteiger charge is -2.38. The number of hydrogen-bond acceptors (Lipinski definition) is 6. The van der Waals surface area contributed by atoms with Crippen LogP contribution in [0.1, 0.15) is 19.3 Å². The van der Waals surface area contributed by atoms with Crippen molar-refractivity contribution in [2.75, 3.05) is 32.8 Å². The van der Waals surface area contributed by atoms with Gasteiger partial charge in [-0.15, -0.1) is 0 Å². The largest absolute Gasteiger partial charge is 0.396 e. The van der Waals surface area contributed by atoms with Gasteiger partial charge >= 0.3 is 6.03 Å². The van der Waals surface area contributed by atoms with Gasteiger partial charge in [0.15, 0.2) is 5.78 Å². The number of ketones is 1. The van der Waals surface area contributed by atoms with Gasteiger partial charge in [-0.3, -0.25) is 4.79 Å². The number of carbonyl (C=O) groups is 2. The molecule has 21 heavy (non-hydrogen) atoms. The molecule has 3 atom stereocenters. The molecule has 1 aliphatic heterocycles. The van der Waals surface area contributed by atoms with Crippen LogP contribution in [0.5, 0.6) is 0 Å². The molecule has 0 spiro atoms. The number of aliphatic hydroxyl groups excluding tert-OH is 3. The fraction of sp³-hybridized carbons (Fsp3) is 0.846. The number of urea groups is 1. The van der Waals surface area contributed by atoms with E-state index in [9.17, 15) is 19.8 Å². The summed E-state index contributed by atoms with van der Waals surface area (Å²) in [4.78, 5) is 23.8. The van der Waals surface area contributed by atoms with Crippen molar-refractivity contribution >= 4 is 11.8 Å². The predicted molar refractivity (Wildman–Crippen MR) is 75.5 cm³/mol. The molecule has 1 rings (SSSR count). The minimum absolute atomic E-state index is 0.0451. The minimum Gasteiger partial charge on any atom is -0.396 e. The Bertz CT molecular complexity index is 353. The smallest absolute Gasteiger partial charge is 0.312 e. The molecule has 0 saturated carbocycles. The summed E-state index contributed by atoms with van der Waals surface area (Å²) in [5.41, 5.74) is 4.87. The highest BCUT2D eigenvalue weighted by molar-refractivity contribution is 5.84. The summed E-state index contributed by atoms with van der Waals surface area (Å²) in [7, 11) is 0. The number of nitrogens with one attached hydrogen (secondary N) is 1. The van der Waals surface area contributed by atoms with E-state index in [1.165, 1.54) is 0 Å². The topological polar surface area (TPSA) is 136 Å². The Morgan fingerprint density at radius 1 is 1.24 bits per heavy atom. The normalized spacial score (nSPS) is 26.5. The molecule has 6 N–H and O–H groups in total. The van der Waals surface area contributed by atoms with Gasteiger partial charge in [-0.05, 0) is 19.4 Å². The highest BCUT2D eigenvalue weighted by Gasteiger charge is 2.33. The van der Waals surface area contributed by atoms with Gasteiger partial charge in [-0.2, -0.15) is 0 Å². The second-order valence-electron chi connectivity index (χ2n) is 5.47. The maximum Gasteiger partial charge on any atom is 0.312 e. The van der Waals surface area contributed by atoms with Gasteiger partial charge in [-0.25, -0.2) is 4.79 Å². The summed E-state index contributed by atoms with van der Waals surface area (Å²) in [5.74, 6) is -0.411. The average Bonchev–Trinajstić information content (AvgIpc) is 2.44. The maximum atomic E-state index is 11.4. The molecule has 0 aliphatic carbocycles. The maximum absolute atomic E-state index is 11.4. The van der Waals surface area contributed by atoms with E-state index >= 15 is 0 Å². The molecule has 0 unspecified atom stereocenters. The second-order valence-corrected chi connectivity index (χ2v) is 5.47. The summed E-state index contributed by atoms with van der Waals surface area (Å²) in [6, 6.07) is -0.709. The van der Waals surface area contributed by atoms with Gasteiger partial charge < -0.3 is 31.3 Å². The third kappa shape index (κ3) is 6.38. The zero-order chi connectivity index (χ0) is 15.8. The molecule has 0 radical (unpaired) electrons. The molecule has 1 fully saturated rings. The monoisotopic (exact) mass is 303 g/mol. The molecule has 0 aromatic rings. The van der Waals surface area contributed by atoms with Gasteiger partial charge in [0.25, 0.3) is 0 Å². The quantitative estimate of drug-likeness (QED) is 0.330. The number of β-amino-alcohol motifs (C(OH)–C–C–N with tert-alkyl or cyclic N) is 1. The fourth-order valence-electron chi connectivity index (χ4n) is 2.48. The molecular formula is C13H25N3O5. The van der Waals surface area contributed by atoms with Crippen molar-refractivity contribution in [2.24, 2.45) is 11.7 Å². The summed E-state index contributed by atoms with van der Waals surface area (Å²) in [5, 5.41) is 30.8. The summed E-state index contributed by atoms with van der Waals surface area (Å²) < 4.78 is 0. The summed E-state index contributed by atoms with van der Waals surface area (Å²) in [6.07, 6.45) is 0.0783. The van der Waals surface area contributed by atoms with E-state index in [0.29, 0.717) is 32.5 Å². The van der Waals surface area contributed by atoms with Crippen LogP contribution in [0.4, 0.5) is 4.79 Å². The molecule has 0 bridgehead atoms. The van der Waals surface area contributed by atoms with E-state index in [1.54, 1.807) is 0 Å². The molecule has 8 heteroatoms. The van der Waals surface area contributed by atoms with Gasteiger partial charge in [0, 0.05) is 32.0 Å². The van der Waals surface area contributed by atoms with Crippen LogP contribution in [0, 0.1) is 5.92 Å². The van der Waals surface area contributed by atoms with Gasteiger partial charge in [-0.1, -0.05) is 0 Å². The molecule has 1 aliphatic rings. The molecule has 1 saturated heterocycles. The Labute approximate surface area is 123 Å². The molecule has 122 valence electrons. The number of aliphatic hydroxyl groups is 3. The minimum atomic E-state index is -0.882. The Morgan fingerprint density at radius 2 is 1.95 bits per heavy atom. The van der Waals surface area contributed by atoms with Crippen LogP contribution in [0.15, 0.2) is 0 Å². The second kappa shape index (κ2) is 8.93. The summed E-state index contributed by atoms with van der Waals surface area (Å²) in [6.45, 7) is 1.39. The molecule has 8 nitrogen and oxygen atoms in total. The zero-order valence-electron chi connectivity index (χ0n) is 12.1. The number of amides is 2. The number of unbranched alkanes of at least 4 members (excludes halogenated alkanes) is 1. The standard InChI is InChI=1S/C13H25N3O5/c14-13(21)15-5-10(18)3-1-2-4-16-6-9(8-17)12(20)11(19)7-16/h9,11-12,17,19-20H,1-8H2,(H3,14,15,21)/t9-,11-,12-/m1/s1. The Kier molecular flexibility index (Phi) is 7.58. The lowest BCUT2D eigenvalue weighted by Crippen LogP contribution is -2.53. The highest BCUT2D eigenvalue weighted by atomic mass is 16.3. The van der Waals surface area contributed by atoms with E-state index in [-0.39, 0.29) is 24.9 Å². The van der Waals surface area contributed by atoms with Crippen LogP contribution < -0.4 is 11.1 Å². The van der Waals surface area contributed by atoms with Crippen LogP contribution in [-0.4, -0.2) is 77.0 Å². The molecular weight excluding hydrogens is 278 g/mol. The first kappa shape index (κ1) is 17.8. The van der Waals surface area contributed by atoms with Crippen LogP contribution in [0.2, 0.25) is 0 Å². The van der Waals surface area contributed by atoms with Crippen LogP contribution in [-0.2, 0) is 4.79 Å². The van der Waals surface area contributed by atoms with E-state index in [2.05, 4.69) is 5.32 Å². The third-order valence-electron chi connectivity index (χ3n) is 3.69. The number of nitrogens with two attached hydrogens (primary N) is 1. The van der Waals surface area contributed by atoms with Crippen molar-refractivity contribution in [3.8, 4) is 0 Å². The van der Waals surface area contributed by atoms with Crippen molar-refractivity contribution < 1.29 is 24.9 Å². The first-order valence-corrected chi connectivity index (χ1v) is 7.18. The average molecular weight is 303 g/mol. The number of piperidine rings is 1. The Hall–Kier alpha value is -1.22. The van der Waals surface area contributed by atoms with Crippen molar-refractivity contribution in [1.82, 2.24) is 10.2 Å². The van der Waals surface area contributed by atoms with Gasteiger partial charge in [0.05, 0.1) is 18.8 Å². The fourth-order valence-corrected chi connectivity index (χ4v) is 2.48. The van der Waals surface area contributed by atoms with E-state index in [4.69, 9.17) is 10.8 Å². The first-order chi connectivity index (χ1) is 9.93. The molecule has 1 heterocycles. The number of Topliss-reactive ketones (excluding diaryl/α,β-unsaturated/α-hetero) is 1. The molecule has 2 amide bonds. The molecule has 0 aromatic heterocycles. The van der Waals surface area contributed by atoms with Crippen LogP contribution >= 0.6 is 0 Å². The first-order valence-electron chi connectivity index (χ1n) is 7.18. The number of nitrogens with zero attached hydrogens (tertiary/aromatic N) is 1. The highest BCUT2D eigenvalue weighted by Crippen LogP contribution is 2.18. The number of likely N-dealkylation sites (tertiary alicyclic amines) is 1. The van der Waals surface area contributed by atoms with Crippen LogP contribution in [0.25, 0.3) is 0 Å². The lowest BCUT2D eigenvalue weighted by atomic mass is 9.93. The van der Waals surface area contributed by atoms with Crippen molar-refractivity contribution in [3.63, 3.8) is 0 Å². The Morgan fingerprint density at radius 3 is 2.57 bits per heavy atom. The van der Waals surface area contributed by atoms with E-state index in [1.807, 2.05) is 4.90 Å². The number of hydrogen-bond donors (Lipinski definition) is 5. The van der Waals surface area contributed by atoms with Crippen molar-refractivity contribution in [3.05, 3.63) is 0 Å². The zero-order valence-corrected chi connectivity index (χ0v) is 12.1. The molecule has 0 aromatic carbocycles.